The molecule has 1 heterocycles. The van der Waals surface area contributed by atoms with E-state index < -0.39 is 5.25 Å². The highest BCUT2D eigenvalue weighted by Crippen LogP contribution is 2.36. The molecule has 0 aliphatic heterocycles. The van der Waals surface area contributed by atoms with E-state index in [1.165, 1.54) is 11.8 Å². The van der Waals surface area contributed by atoms with Crippen molar-refractivity contribution >= 4 is 23.4 Å². The van der Waals surface area contributed by atoms with Crippen LogP contribution in [0, 0.1) is 6.92 Å². The highest BCUT2D eigenvalue weighted by Gasteiger charge is 2.23. The van der Waals surface area contributed by atoms with Crippen LogP contribution >= 0.6 is 11.8 Å². The van der Waals surface area contributed by atoms with E-state index in [0.717, 1.165) is 16.2 Å². The van der Waals surface area contributed by atoms with Crippen molar-refractivity contribution in [1.29, 1.82) is 0 Å². The van der Waals surface area contributed by atoms with Gasteiger partial charge < -0.3 is 10.1 Å². The third kappa shape index (κ3) is 4.43. The minimum absolute atomic E-state index is 0.115. The van der Waals surface area contributed by atoms with E-state index in [0.29, 0.717) is 11.4 Å². The molecule has 1 amide bonds. The lowest BCUT2D eigenvalue weighted by molar-refractivity contribution is -0.115. The number of hydrogen-bond donors (Lipinski definition) is 1. The Bertz CT molecular complexity index is 870. The van der Waals surface area contributed by atoms with Crippen molar-refractivity contribution in [2.75, 3.05) is 12.4 Å². The second-order valence-corrected chi connectivity index (χ2v) is 6.89. The smallest absolute Gasteiger partial charge is 0.242 e. The van der Waals surface area contributed by atoms with Crippen LogP contribution in [0.3, 0.4) is 0 Å². The van der Waals surface area contributed by atoms with E-state index in [2.05, 4.69) is 10.3 Å². The minimum Gasteiger partial charge on any atom is -0.495 e. The Hall–Kier alpha value is -2.79. The zero-order valence-corrected chi connectivity index (χ0v) is 15.5. The van der Waals surface area contributed by atoms with Gasteiger partial charge in [0, 0.05) is 6.20 Å². The molecule has 0 radical (unpaired) electrons. The first-order valence-electron chi connectivity index (χ1n) is 8.25. The Kier molecular flexibility index (Phi) is 5.92. The highest BCUT2D eigenvalue weighted by molar-refractivity contribution is 8.00. The van der Waals surface area contributed by atoms with Crippen molar-refractivity contribution in [3.8, 4) is 5.75 Å². The molecule has 0 aliphatic rings. The topological polar surface area (TPSA) is 51.2 Å². The van der Waals surface area contributed by atoms with Gasteiger partial charge in [0.1, 0.15) is 11.0 Å². The number of hydrogen-bond acceptors (Lipinski definition) is 4. The average Bonchev–Trinajstić information content (AvgIpc) is 2.68. The molecule has 4 nitrogen and oxygen atoms in total. The maximum absolute atomic E-state index is 13.1. The van der Waals surface area contributed by atoms with Crippen LogP contribution in [0.1, 0.15) is 16.4 Å². The summed E-state index contributed by atoms with van der Waals surface area (Å²) >= 11 is 1.42. The number of aryl methyl sites for hydroxylation is 1. The molecule has 2 aromatic carbocycles. The summed E-state index contributed by atoms with van der Waals surface area (Å²) in [7, 11) is 1.59. The van der Waals surface area contributed by atoms with E-state index >= 15 is 0 Å². The lowest BCUT2D eigenvalue weighted by atomic mass is 10.1. The van der Waals surface area contributed by atoms with Crippen molar-refractivity contribution in [3.63, 3.8) is 0 Å². The molecule has 0 saturated carbocycles. The number of anilines is 1. The van der Waals surface area contributed by atoms with Gasteiger partial charge in [0.2, 0.25) is 5.91 Å². The summed E-state index contributed by atoms with van der Waals surface area (Å²) in [5.41, 5.74) is 2.64. The molecule has 1 atom stereocenters. The SMILES string of the molecule is COc1ccc(C)cc1NC(=O)[C@H](Sc1ccccn1)c1ccccc1. The second kappa shape index (κ2) is 8.54. The molecule has 0 unspecified atom stereocenters. The number of carbonyl (C=O) groups excluding carboxylic acids is 1. The molecule has 3 rings (SSSR count). The van der Waals surface area contributed by atoms with E-state index in [1.54, 1.807) is 13.3 Å². The van der Waals surface area contributed by atoms with Crippen LogP contribution in [0.25, 0.3) is 0 Å². The maximum Gasteiger partial charge on any atom is 0.242 e. The van der Waals surface area contributed by atoms with E-state index in [9.17, 15) is 4.79 Å². The Morgan fingerprint density at radius 1 is 1.08 bits per heavy atom. The lowest BCUT2D eigenvalue weighted by Crippen LogP contribution is -2.19. The van der Waals surface area contributed by atoms with Gasteiger partial charge in [0.25, 0.3) is 0 Å². The monoisotopic (exact) mass is 364 g/mol. The number of benzene rings is 2. The molecule has 0 fully saturated rings. The number of amides is 1. The van der Waals surface area contributed by atoms with Crippen LogP contribution in [-0.2, 0) is 4.79 Å². The summed E-state index contributed by atoms with van der Waals surface area (Å²) in [6, 6.07) is 21.1. The number of nitrogens with one attached hydrogen (secondary N) is 1. The minimum atomic E-state index is -0.420. The van der Waals surface area contributed by atoms with Gasteiger partial charge in [0.15, 0.2) is 0 Å². The molecule has 0 bridgehead atoms. The van der Waals surface area contributed by atoms with Crippen molar-refractivity contribution in [3.05, 3.63) is 84.1 Å². The van der Waals surface area contributed by atoms with Gasteiger partial charge in [0.05, 0.1) is 17.8 Å². The number of thioether (sulfide) groups is 1. The van der Waals surface area contributed by atoms with Crippen molar-refractivity contribution in [2.24, 2.45) is 0 Å². The molecule has 0 aliphatic carbocycles. The molecule has 0 saturated heterocycles. The van der Waals surface area contributed by atoms with Crippen molar-refractivity contribution in [2.45, 2.75) is 17.2 Å². The zero-order valence-electron chi connectivity index (χ0n) is 14.7. The number of aromatic nitrogens is 1. The zero-order chi connectivity index (χ0) is 18.4. The van der Waals surface area contributed by atoms with Gasteiger partial charge in [-0.1, -0.05) is 54.2 Å². The summed E-state index contributed by atoms with van der Waals surface area (Å²) in [5, 5.41) is 3.39. The summed E-state index contributed by atoms with van der Waals surface area (Å²) in [4.78, 5) is 17.4. The normalized spacial score (nSPS) is 11.6. The number of ether oxygens (including phenoxy) is 1. The van der Waals surface area contributed by atoms with Gasteiger partial charge in [-0.2, -0.15) is 0 Å². The Balaban J connectivity index is 1.89. The van der Waals surface area contributed by atoms with Crippen LogP contribution in [0.5, 0.6) is 5.75 Å². The summed E-state index contributed by atoms with van der Waals surface area (Å²) in [5.74, 6) is 0.523. The summed E-state index contributed by atoms with van der Waals surface area (Å²) < 4.78 is 5.37. The highest BCUT2D eigenvalue weighted by atomic mass is 32.2. The molecule has 1 aromatic heterocycles. The number of carbonyl (C=O) groups is 1. The van der Waals surface area contributed by atoms with Crippen LogP contribution in [0.15, 0.2) is 78.0 Å². The van der Waals surface area contributed by atoms with E-state index in [4.69, 9.17) is 4.74 Å². The van der Waals surface area contributed by atoms with Crippen LogP contribution in [0.4, 0.5) is 5.69 Å². The standard InChI is InChI=1S/C21H20N2O2S/c1-15-11-12-18(25-2)17(14-15)23-21(24)20(16-8-4-3-5-9-16)26-19-10-6-7-13-22-19/h3-14,20H,1-2H3,(H,23,24)/t20-/m1/s1. The van der Waals surface area contributed by atoms with Crippen LogP contribution in [0.2, 0.25) is 0 Å². The predicted molar refractivity (Wildman–Crippen MR) is 106 cm³/mol. The van der Waals surface area contributed by atoms with Crippen molar-refractivity contribution in [1.82, 2.24) is 4.98 Å². The van der Waals surface area contributed by atoms with Crippen LogP contribution in [-0.4, -0.2) is 18.0 Å². The number of pyridine rings is 1. The molecule has 5 heteroatoms. The van der Waals surface area contributed by atoms with E-state index in [1.807, 2.05) is 73.7 Å². The average molecular weight is 364 g/mol. The fourth-order valence-electron chi connectivity index (χ4n) is 2.56. The number of methoxy groups -OCH3 is 1. The number of nitrogens with zero attached hydrogens (tertiary/aromatic N) is 1. The predicted octanol–water partition coefficient (Wildman–Crippen LogP) is 4.87. The van der Waals surface area contributed by atoms with Gasteiger partial charge in [-0.3, -0.25) is 4.79 Å². The molecule has 3 aromatic rings. The Labute approximate surface area is 157 Å². The first kappa shape index (κ1) is 18.0. The Morgan fingerprint density at radius 3 is 2.54 bits per heavy atom. The summed E-state index contributed by atoms with van der Waals surface area (Å²) in [6.07, 6.45) is 1.73. The first-order chi connectivity index (χ1) is 12.7. The van der Waals surface area contributed by atoms with Gasteiger partial charge in [-0.05, 0) is 42.3 Å². The maximum atomic E-state index is 13.1. The summed E-state index contributed by atoms with van der Waals surface area (Å²) in [6.45, 7) is 1.98. The largest absolute Gasteiger partial charge is 0.495 e. The number of rotatable bonds is 6. The molecule has 1 N–H and O–H groups in total. The first-order valence-corrected chi connectivity index (χ1v) is 9.13. The molecule has 132 valence electrons. The molecular weight excluding hydrogens is 344 g/mol. The third-order valence-corrected chi connectivity index (χ3v) is 5.03. The Morgan fingerprint density at radius 2 is 1.85 bits per heavy atom. The second-order valence-electron chi connectivity index (χ2n) is 5.77. The van der Waals surface area contributed by atoms with Crippen LogP contribution < -0.4 is 10.1 Å². The quantitative estimate of drug-likeness (QED) is 0.634. The third-order valence-electron chi connectivity index (χ3n) is 3.83. The lowest BCUT2D eigenvalue weighted by Gasteiger charge is -2.18. The van der Waals surface area contributed by atoms with Gasteiger partial charge in [-0.15, -0.1) is 0 Å². The van der Waals surface area contributed by atoms with Gasteiger partial charge >= 0.3 is 0 Å². The van der Waals surface area contributed by atoms with Gasteiger partial charge in [-0.25, -0.2) is 4.98 Å². The molecule has 0 spiro atoms. The van der Waals surface area contributed by atoms with Crippen molar-refractivity contribution < 1.29 is 9.53 Å². The fourth-order valence-corrected chi connectivity index (χ4v) is 3.54. The van der Waals surface area contributed by atoms with E-state index in [-0.39, 0.29) is 5.91 Å². The molecular formula is C21H20N2O2S. The molecule has 26 heavy (non-hydrogen) atoms. The fraction of sp³-hybridized carbons (Fsp3) is 0.143.